The molecule has 1 saturated heterocycles. The van der Waals surface area contributed by atoms with Crippen LogP contribution in [0.2, 0.25) is 0 Å². The molecule has 1 unspecified atom stereocenters. The van der Waals surface area contributed by atoms with Crippen molar-refractivity contribution in [1.29, 1.82) is 0 Å². The maximum Gasteiger partial charge on any atom is 0.255 e. The van der Waals surface area contributed by atoms with Crippen LogP contribution in [0.15, 0.2) is 42.6 Å². The Bertz CT molecular complexity index is 996. The number of nitrogens with zero attached hydrogens (tertiary/aromatic N) is 4. The Morgan fingerprint density at radius 3 is 2.69 bits per heavy atom. The summed E-state index contributed by atoms with van der Waals surface area (Å²) in [6.45, 7) is 2.80. The minimum atomic E-state index is -0.353. The van der Waals surface area contributed by atoms with Crippen LogP contribution in [-0.4, -0.2) is 44.6 Å². The van der Waals surface area contributed by atoms with Gasteiger partial charge in [0.25, 0.3) is 5.91 Å². The summed E-state index contributed by atoms with van der Waals surface area (Å²) in [6, 6.07) is 11.6. The average molecular weight is 349 g/mol. The summed E-state index contributed by atoms with van der Waals surface area (Å²) in [6.07, 6.45) is 2.19. The number of likely N-dealkylation sites (tertiary alicyclic amines) is 1. The molecule has 1 aliphatic rings. The molecule has 0 saturated carbocycles. The molecule has 1 aromatic carbocycles. The first-order valence-corrected chi connectivity index (χ1v) is 8.54. The van der Waals surface area contributed by atoms with Crippen molar-refractivity contribution >= 4 is 22.8 Å². The Balaban J connectivity index is 1.68. The highest BCUT2D eigenvalue weighted by atomic mass is 16.2. The smallest absolute Gasteiger partial charge is 0.255 e. The van der Waals surface area contributed by atoms with Gasteiger partial charge < -0.3 is 10.6 Å². The predicted octanol–water partition coefficient (Wildman–Crippen LogP) is 1.68. The summed E-state index contributed by atoms with van der Waals surface area (Å²) in [7, 11) is 0. The van der Waals surface area contributed by atoms with E-state index in [0.717, 1.165) is 16.8 Å². The van der Waals surface area contributed by atoms with E-state index in [1.807, 2.05) is 43.3 Å². The van der Waals surface area contributed by atoms with Crippen LogP contribution in [0.25, 0.3) is 16.7 Å². The minimum Gasteiger partial charge on any atom is -0.369 e. The second-order valence-corrected chi connectivity index (χ2v) is 6.57. The van der Waals surface area contributed by atoms with Gasteiger partial charge in [-0.2, -0.15) is 5.10 Å². The van der Waals surface area contributed by atoms with Crippen LogP contribution in [0.4, 0.5) is 0 Å². The topological polar surface area (TPSA) is 94.1 Å². The zero-order valence-corrected chi connectivity index (χ0v) is 14.4. The summed E-state index contributed by atoms with van der Waals surface area (Å²) in [5, 5.41) is 5.40. The van der Waals surface area contributed by atoms with Gasteiger partial charge in [-0.05, 0) is 31.5 Å². The normalized spacial score (nSPS) is 17.0. The number of aryl methyl sites for hydroxylation is 1. The monoisotopic (exact) mass is 349 g/mol. The molecule has 0 aliphatic carbocycles. The Morgan fingerprint density at radius 2 is 2.00 bits per heavy atom. The van der Waals surface area contributed by atoms with Crippen molar-refractivity contribution in [1.82, 2.24) is 19.7 Å². The second kappa shape index (κ2) is 6.25. The standard InChI is InChI=1S/C19H19N5O2/c1-12-16-9-14(19(26)23-8-7-13(11-23)17(20)25)10-21-18(16)24(22-12)15-5-3-2-4-6-15/h2-6,9-10,13H,7-8,11H2,1H3,(H2,20,25). The fourth-order valence-electron chi connectivity index (χ4n) is 3.37. The molecular weight excluding hydrogens is 330 g/mol. The van der Waals surface area contributed by atoms with E-state index in [9.17, 15) is 9.59 Å². The van der Waals surface area contributed by atoms with E-state index in [0.29, 0.717) is 30.7 Å². The summed E-state index contributed by atoms with van der Waals surface area (Å²) < 4.78 is 1.78. The SMILES string of the molecule is Cc1nn(-c2ccccc2)c2ncc(C(=O)N3CCC(C(N)=O)C3)cc12. The second-order valence-electron chi connectivity index (χ2n) is 6.57. The fraction of sp³-hybridized carbons (Fsp3) is 0.263. The van der Waals surface area contributed by atoms with E-state index in [1.165, 1.54) is 0 Å². The van der Waals surface area contributed by atoms with Crippen molar-refractivity contribution in [3.05, 3.63) is 53.9 Å². The van der Waals surface area contributed by atoms with Crippen LogP contribution in [0.3, 0.4) is 0 Å². The van der Waals surface area contributed by atoms with Crippen molar-refractivity contribution < 1.29 is 9.59 Å². The molecule has 7 nitrogen and oxygen atoms in total. The zero-order valence-electron chi connectivity index (χ0n) is 14.4. The number of nitrogens with two attached hydrogens (primary N) is 1. The lowest BCUT2D eigenvalue weighted by Gasteiger charge is -2.15. The van der Waals surface area contributed by atoms with Crippen LogP contribution in [0, 0.1) is 12.8 Å². The van der Waals surface area contributed by atoms with Gasteiger partial charge in [0.05, 0.1) is 22.9 Å². The molecule has 3 aromatic rings. The van der Waals surface area contributed by atoms with Gasteiger partial charge in [0.1, 0.15) is 0 Å². The van der Waals surface area contributed by atoms with Gasteiger partial charge in [0.2, 0.25) is 5.91 Å². The molecule has 132 valence electrons. The molecule has 1 atom stereocenters. The summed E-state index contributed by atoms with van der Waals surface area (Å²) in [4.78, 5) is 30.2. The van der Waals surface area contributed by atoms with Crippen LogP contribution in [-0.2, 0) is 4.79 Å². The first kappa shape index (κ1) is 16.3. The lowest BCUT2D eigenvalue weighted by Crippen LogP contribution is -2.31. The molecule has 2 aromatic heterocycles. The van der Waals surface area contributed by atoms with Gasteiger partial charge >= 0.3 is 0 Å². The van der Waals surface area contributed by atoms with Gasteiger partial charge in [0, 0.05) is 24.7 Å². The molecular formula is C19H19N5O2. The number of aromatic nitrogens is 3. The lowest BCUT2D eigenvalue weighted by atomic mass is 10.1. The number of amides is 2. The molecule has 2 N–H and O–H groups in total. The van der Waals surface area contributed by atoms with Gasteiger partial charge in [-0.15, -0.1) is 0 Å². The number of carbonyl (C=O) groups is 2. The van der Waals surface area contributed by atoms with Crippen molar-refractivity contribution in [3.8, 4) is 5.69 Å². The Hall–Kier alpha value is -3.22. The Labute approximate surface area is 150 Å². The number of fused-ring (bicyclic) bond motifs is 1. The quantitative estimate of drug-likeness (QED) is 0.778. The largest absolute Gasteiger partial charge is 0.369 e. The molecule has 7 heteroatoms. The first-order valence-electron chi connectivity index (χ1n) is 8.54. The van der Waals surface area contributed by atoms with E-state index in [-0.39, 0.29) is 17.7 Å². The zero-order chi connectivity index (χ0) is 18.3. The van der Waals surface area contributed by atoms with Crippen LogP contribution >= 0.6 is 0 Å². The molecule has 4 rings (SSSR count). The third-order valence-electron chi connectivity index (χ3n) is 4.83. The predicted molar refractivity (Wildman–Crippen MR) is 96.8 cm³/mol. The highest BCUT2D eigenvalue weighted by Gasteiger charge is 2.30. The average Bonchev–Trinajstić information content (AvgIpc) is 3.27. The van der Waals surface area contributed by atoms with Crippen molar-refractivity contribution in [2.75, 3.05) is 13.1 Å². The van der Waals surface area contributed by atoms with E-state index in [2.05, 4.69) is 10.1 Å². The van der Waals surface area contributed by atoms with Gasteiger partial charge in [-0.3, -0.25) is 9.59 Å². The number of para-hydroxylation sites is 1. The molecule has 1 fully saturated rings. The fourth-order valence-corrected chi connectivity index (χ4v) is 3.37. The Kier molecular flexibility index (Phi) is 3.91. The molecule has 0 bridgehead atoms. The van der Waals surface area contributed by atoms with Crippen molar-refractivity contribution in [2.45, 2.75) is 13.3 Å². The minimum absolute atomic E-state index is 0.130. The number of benzene rings is 1. The highest BCUT2D eigenvalue weighted by Crippen LogP contribution is 2.23. The van der Waals surface area contributed by atoms with Crippen molar-refractivity contribution in [3.63, 3.8) is 0 Å². The first-order chi connectivity index (χ1) is 12.5. The maximum atomic E-state index is 12.8. The molecule has 26 heavy (non-hydrogen) atoms. The number of primary amides is 1. The van der Waals surface area contributed by atoms with Crippen LogP contribution in [0.1, 0.15) is 22.5 Å². The molecule has 1 aliphatic heterocycles. The molecule has 3 heterocycles. The Morgan fingerprint density at radius 1 is 1.23 bits per heavy atom. The maximum absolute atomic E-state index is 12.8. The number of rotatable bonds is 3. The summed E-state index contributed by atoms with van der Waals surface area (Å²) in [5.41, 5.74) is 8.28. The number of hydrogen-bond donors (Lipinski definition) is 1. The van der Waals surface area contributed by atoms with E-state index in [4.69, 9.17) is 5.73 Å². The molecule has 0 spiro atoms. The van der Waals surface area contributed by atoms with E-state index < -0.39 is 0 Å². The lowest BCUT2D eigenvalue weighted by molar-refractivity contribution is -0.121. The van der Waals surface area contributed by atoms with E-state index >= 15 is 0 Å². The third-order valence-corrected chi connectivity index (χ3v) is 4.83. The van der Waals surface area contributed by atoms with Crippen LogP contribution < -0.4 is 5.73 Å². The van der Waals surface area contributed by atoms with E-state index in [1.54, 1.807) is 15.8 Å². The van der Waals surface area contributed by atoms with Crippen LogP contribution in [0.5, 0.6) is 0 Å². The number of pyridine rings is 1. The van der Waals surface area contributed by atoms with Gasteiger partial charge in [-0.25, -0.2) is 9.67 Å². The summed E-state index contributed by atoms with van der Waals surface area (Å²) >= 11 is 0. The van der Waals surface area contributed by atoms with Crippen molar-refractivity contribution in [2.24, 2.45) is 11.7 Å². The third kappa shape index (κ3) is 2.71. The van der Waals surface area contributed by atoms with Gasteiger partial charge in [-0.1, -0.05) is 18.2 Å². The van der Waals surface area contributed by atoms with Gasteiger partial charge in [0.15, 0.2) is 5.65 Å². The molecule has 2 amide bonds. The number of carbonyl (C=O) groups excluding carboxylic acids is 2. The highest BCUT2D eigenvalue weighted by molar-refractivity contribution is 5.98. The number of hydrogen-bond acceptors (Lipinski definition) is 4. The summed E-state index contributed by atoms with van der Waals surface area (Å²) in [5.74, 6) is -0.748. The molecule has 0 radical (unpaired) electrons.